The van der Waals surface area contributed by atoms with E-state index in [4.69, 9.17) is 14.2 Å². The molecule has 0 spiro atoms. The highest BCUT2D eigenvalue weighted by molar-refractivity contribution is 5.40. The molecule has 2 rings (SSSR count). The smallest absolute Gasteiger partial charge is 0.120 e. The summed E-state index contributed by atoms with van der Waals surface area (Å²) in [5, 5.41) is 0. The number of hydrogen-bond acceptors (Lipinski definition) is 3. The van der Waals surface area contributed by atoms with E-state index < -0.39 is 0 Å². The summed E-state index contributed by atoms with van der Waals surface area (Å²) in [7, 11) is 3.31. The molecule has 2 aromatic carbocycles. The third-order valence-corrected chi connectivity index (χ3v) is 3.76. The molecular weight excluding hydrogens is 312 g/mol. The molecule has 0 unspecified atom stereocenters. The summed E-state index contributed by atoms with van der Waals surface area (Å²) in [6.45, 7) is 5.08. The summed E-state index contributed by atoms with van der Waals surface area (Å²) < 4.78 is 16.1. The molecule has 3 heteroatoms. The molecule has 0 aliphatic rings. The van der Waals surface area contributed by atoms with Gasteiger partial charge in [-0.3, -0.25) is 0 Å². The van der Waals surface area contributed by atoms with Crippen LogP contribution in [-0.2, 0) is 11.3 Å². The summed E-state index contributed by atoms with van der Waals surface area (Å²) in [5.41, 5.74) is 2.06. The van der Waals surface area contributed by atoms with Crippen LogP contribution in [0.1, 0.15) is 17.5 Å². The van der Waals surface area contributed by atoms with Crippen molar-refractivity contribution in [1.29, 1.82) is 0 Å². The minimum Gasteiger partial charge on any atom is -0.497 e. The normalized spacial score (nSPS) is 11.1. The summed E-state index contributed by atoms with van der Waals surface area (Å²) in [4.78, 5) is 0. The zero-order valence-corrected chi connectivity index (χ0v) is 14.8. The van der Waals surface area contributed by atoms with Crippen LogP contribution in [0, 0.1) is 17.8 Å². The zero-order valence-electron chi connectivity index (χ0n) is 14.8. The molecule has 0 saturated carbocycles. The van der Waals surface area contributed by atoms with Crippen molar-refractivity contribution in [2.75, 3.05) is 20.8 Å². The topological polar surface area (TPSA) is 27.7 Å². The molecule has 130 valence electrons. The van der Waals surface area contributed by atoms with Gasteiger partial charge in [0.05, 0.1) is 20.8 Å². The second kappa shape index (κ2) is 10.2. The molecule has 25 heavy (non-hydrogen) atoms. The average Bonchev–Trinajstić information content (AvgIpc) is 2.68. The minimum absolute atomic E-state index is 0.0991. The number of allylic oxidation sites excluding steroid dienone is 1. The third-order valence-electron chi connectivity index (χ3n) is 3.76. The van der Waals surface area contributed by atoms with Gasteiger partial charge in [-0.1, -0.05) is 36.1 Å². The number of benzene rings is 2. The van der Waals surface area contributed by atoms with Gasteiger partial charge in [0.15, 0.2) is 0 Å². The second-order valence-electron chi connectivity index (χ2n) is 5.53. The van der Waals surface area contributed by atoms with Crippen molar-refractivity contribution in [3.8, 4) is 23.3 Å². The van der Waals surface area contributed by atoms with E-state index >= 15 is 0 Å². The van der Waals surface area contributed by atoms with Gasteiger partial charge >= 0.3 is 0 Å². The molecule has 0 radical (unpaired) electrons. The van der Waals surface area contributed by atoms with E-state index in [2.05, 4.69) is 18.4 Å². The van der Waals surface area contributed by atoms with Gasteiger partial charge in [-0.25, -0.2) is 0 Å². The predicted molar refractivity (Wildman–Crippen MR) is 101 cm³/mol. The lowest BCUT2D eigenvalue weighted by Gasteiger charge is -2.07. The molecule has 0 saturated heterocycles. The Morgan fingerprint density at radius 3 is 2.48 bits per heavy atom. The van der Waals surface area contributed by atoms with Crippen LogP contribution in [0.5, 0.6) is 11.5 Å². The quantitative estimate of drug-likeness (QED) is 0.404. The average molecular weight is 336 g/mol. The molecule has 0 aliphatic heterocycles. The lowest BCUT2D eigenvalue weighted by Crippen LogP contribution is -2.01. The van der Waals surface area contributed by atoms with Gasteiger partial charge in [0.1, 0.15) is 11.5 Å². The highest BCUT2D eigenvalue weighted by atomic mass is 16.5. The van der Waals surface area contributed by atoms with Crippen molar-refractivity contribution >= 4 is 0 Å². The Bertz CT molecular complexity index is 723. The molecule has 3 nitrogen and oxygen atoms in total. The van der Waals surface area contributed by atoms with Crippen LogP contribution in [0.3, 0.4) is 0 Å². The highest BCUT2D eigenvalue weighted by Gasteiger charge is 2.01. The van der Waals surface area contributed by atoms with Gasteiger partial charge in [0.2, 0.25) is 0 Å². The largest absolute Gasteiger partial charge is 0.497 e. The first kappa shape index (κ1) is 18.6. The van der Waals surface area contributed by atoms with E-state index in [1.807, 2.05) is 54.6 Å². The monoisotopic (exact) mass is 336 g/mol. The van der Waals surface area contributed by atoms with E-state index in [0.717, 1.165) is 29.0 Å². The fourth-order valence-corrected chi connectivity index (χ4v) is 2.25. The first-order chi connectivity index (χ1) is 12.2. The maximum Gasteiger partial charge on any atom is 0.120 e. The fourth-order valence-electron chi connectivity index (χ4n) is 2.25. The summed E-state index contributed by atoms with van der Waals surface area (Å²) in [6.07, 6.45) is 2.68. The highest BCUT2D eigenvalue weighted by Crippen LogP contribution is 2.13. The van der Waals surface area contributed by atoms with Crippen LogP contribution in [0.25, 0.3) is 0 Å². The van der Waals surface area contributed by atoms with Crippen LogP contribution in [0.15, 0.2) is 61.2 Å². The van der Waals surface area contributed by atoms with Crippen LogP contribution in [-0.4, -0.2) is 20.8 Å². The number of methoxy groups -OCH3 is 2. The van der Waals surface area contributed by atoms with E-state index in [-0.39, 0.29) is 5.92 Å². The van der Waals surface area contributed by atoms with Crippen molar-refractivity contribution in [3.63, 3.8) is 0 Å². The Labute approximate surface area is 150 Å². The first-order valence-electron chi connectivity index (χ1n) is 8.24. The van der Waals surface area contributed by atoms with Crippen molar-refractivity contribution < 1.29 is 14.2 Å². The Morgan fingerprint density at radius 2 is 1.80 bits per heavy atom. The van der Waals surface area contributed by atoms with Gasteiger partial charge in [0, 0.05) is 18.1 Å². The molecular formula is C22H24O3. The third kappa shape index (κ3) is 6.37. The van der Waals surface area contributed by atoms with Gasteiger partial charge in [0.25, 0.3) is 0 Å². The molecule has 0 aliphatic carbocycles. The van der Waals surface area contributed by atoms with Crippen molar-refractivity contribution in [2.24, 2.45) is 5.92 Å². The van der Waals surface area contributed by atoms with Crippen LogP contribution >= 0.6 is 0 Å². The van der Waals surface area contributed by atoms with Crippen molar-refractivity contribution in [3.05, 3.63) is 72.3 Å². The van der Waals surface area contributed by atoms with E-state index in [9.17, 15) is 0 Å². The number of rotatable bonds is 8. The first-order valence-corrected chi connectivity index (χ1v) is 8.24. The minimum atomic E-state index is 0.0991. The molecule has 0 bridgehead atoms. The van der Waals surface area contributed by atoms with Crippen molar-refractivity contribution in [1.82, 2.24) is 0 Å². The molecule has 0 heterocycles. The second-order valence-corrected chi connectivity index (χ2v) is 5.53. The molecule has 2 aromatic rings. The maximum absolute atomic E-state index is 5.74. The molecule has 0 aromatic heterocycles. The fraction of sp³-hybridized carbons (Fsp3) is 0.273. The number of hydrogen-bond donors (Lipinski definition) is 0. The Balaban J connectivity index is 1.80. The lowest BCUT2D eigenvalue weighted by molar-refractivity contribution is 0.115. The summed E-state index contributed by atoms with van der Waals surface area (Å²) in [5.74, 6) is 8.16. The Morgan fingerprint density at radius 1 is 1.04 bits per heavy atom. The van der Waals surface area contributed by atoms with Crippen molar-refractivity contribution in [2.45, 2.75) is 13.0 Å². The standard InChI is InChI=1S/C22H24O3/c1-4-18(8-9-19-6-5-7-22(16-19)24-3)14-15-25-17-20-10-12-21(23-2)13-11-20/h4-7,10-13,16,18H,1,14-15,17H2,2-3H3/t18-/m1/s1. The maximum atomic E-state index is 5.74. The van der Waals surface area contributed by atoms with Crippen LogP contribution < -0.4 is 9.47 Å². The molecule has 1 atom stereocenters. The number of ether oxygens (including phenoxy) is 3. The molecule has 0 fully saturated rings. The van der Waals surface area contributed by atoms with E-state index in [0.29, 0.717) is 13.2 Å². The lowest BCUT2D eigenvalue weighted by atomic mass is 10.1. The summed E-state index contributed by atoms with van der Waals surface area (Å²) >= 11 is 0. The van der Waals surface area contributed by atoms with Crippen LogP contribution in [0.4, 0.5) is 0 Å². The Hall–Kier alpha value is -2.70. The van der Waals surface area contributed by atoms with Gasteiger partial charge in [-0.15, -0.1) is 6.58 Å². The molecule has 0 amide bonds. The van der Waals surface area contributed by atoms with Gasteiger partial charge < -0.3 is 14.2 Å². The van der Waals surface area contributed by atoms with E-state index in [1.54, 1.807) is 14.2 Å². The molecule has 0 N–H and O–H groups in total. The van der Waals surface area contributed by atoms with Crippen LogP contribution in [0.2, 0.25) is 0 Å². The van der Waals surface area contributed by atoms with Gasteiger partial charge in [-0.2, -0.15) is 0 Å². The zero-order chi connectivity index (χ0) is 17.9. The summed E-state index contributed by atoms with van der Waals surface area (Å²) in [6, 6.07) is 15.6. The predicted octanol–water partition coefficient (Wildman–Crippen LogP) is 4.46. The van der Waals surface area contributed by atoms with E-state index in [1.165, 1.54) is 0 Å². The van der Waals surface area contributed by atoms with Gasteiger partial charge in [-0.05, 0) is 42.3 Å². The SMILES string of the molecule is C=C[C@H](C#Cc1cccc(OC)c1)CCOCc1ccc(OC)cc1. The Kier molecular flexibility index (Phi) is 7.62.